The highest BCUT2D eigenvalue weighted by atomic mass is 79.9. The van der Waals surface area contributed by atoms with Crippen molar-refractivity contribution in [2.75, 3.05) is 20.1 Å². The molecule has 0 saturated heterocycles. The summed E-state index contributed by atoms with van der Waals surface area (Å²) in [5, 5.41) is 3.58. The van der Waals surface area contributed by atoms with Crippen molar-refractivity contribution < 1.29 is 0 Å². The molecular formula is C14H21BrN2. The van der Waals surface area contributed by atoms with Crippen molar-refractivity contribution in [2.24, 2.45) is 0 Å². The summed E-state index contributed by atoms with van der Waals surface area (Å²) >= 11 is 3.60. The topological polar surface area (TPSA) is 15.3 Å². The Morgan fingerprint density at radius 1 is 1.41 bits per heavy atom. The Kier molecular flexibility index (Phi) is 4.60. The molecule has 1 aliphatic carbocycles. The van der Waals surface area contributed by atoms with Gasteiger partial charge in [0.1, 0.15) is 0 Å². The average molecular weight is 297 g/mol. The van der Waals surface area contributed by atoms with Crippen molar-refractivity contribution >= 4 is 15.9 Å². The van der Waals surface area contributed by atoms with Crippen LogP contribution in [0.3, 0.4) is 0 Å². The zero-order valence-electron chi connectivity index (χ0n) is 10.6. The third kappa shape index (κ3) is 3.80. The lowest BCUT2D eigenvalue weighted by Gasteiger charge is -2.19. The second-order valence-corrected chi connectivity index (χ2v) is 5.76. The van der Waals surface area contributed by atoms with Crippen LogP contribution in [0.15, 0.2) is 28.7 Å². The summed E-state index contributed by atoms with van der Waals surface area (Å²) in [5.74, 6) is 0. The van der Waals surface area contributed by atoms with Gasteiger partial charge in [0.15, 0.2) is 0 Å². The van der Waals surface area contributed by atoms with Gasteiger partial charge in [-0.1, -0.05) is 34.1 Å². The second kappa shape index (κ2) is 5.98. The van der Waals surface area contributed by atoms with Crippen molar-refractivity contribution in [3.63, 3.8) is 0 Å². The maximum atomic E-state index is 3.60. The van der Waals surface area contributed by atoms with Gasteiger partial charge in [-0.15, -0.1) is 0 Å². The van der Waals surface area contributed by atoms with Crippen molar-refractivity contribution in [3.8, 4) is 0 Å². The van der Waals surface area contributed by atoms with E-state index >= 15 is 0 Å². The molecule has 0 heterocycles. The summed E-state index contributed by atoms with van der Waals surface area (Å²) < 4.78 is 1.19. The summed E-state index contributed by atoms with van der Waals surface area (Å²) in [5.41, 5.74) is 1.33. The number of halogens is 1. The molecule has 17 heavy (non-hydrogen) atoms. The molecule has 0 bridgehead atoms. The lowest BCUT2D eigenvalue weighted by atomic mass is 10.1. The molecule has 0 aromatic heterocycles. The lowest BCUT2D eigenvalue weighted by molar-refractivity contribution is 0.316. The third-order valence-corrected chi connectivity index (χ3v) is 4.18. The Morgan fingerprint density at radius 3 is 2.76 bits per heavy atom. The number of hydrogen-bond acceptors (Lipinski definition) is 2. The van der Waals surface area contributed by atoms with Crippen LogP contribution >= 0.6 is 15.9 Å². The molecule has 1 aromatic carbocycles. The van der Waals surface area contributed by atoms with Gasteiger partial charge in [-0.3, -0.25) is 0 Å². The Bertz CT molecular complexity index is 363. The van der Waals surface area contributed by atoms with E-state index < -0.39 is 0 Å². The summed E-state index contributed by atoms with van der Waals surface area (Å²) in [4.78, 5) is 2.46. The molecular weight excluding hydrogens is 276 g/mol. The molecule has 0 amide bonds. The predicted molar refractivity (Wildman–Crippen MR) is 76.2 cm³/mol. The van der Waals surface area contributed by atoms with E-state index in [2.05, 4.69) is 64.4 Å². The van der Waals surface area contributed by atoms with Gasteiger partial charge in [-0.05, 0) is 38.4 Å². The molecule has 0 radical (unpaired) electrons. The first kappa shape index (κ1) is 13.1. The molecule has 1 unspecified atom stereocenters. The Hall–Kier alpha value is -0.380. The minimum Gasteiger partial charge on any atom is -0.309 e. The standard InChI is InChI=1S/C14H21BrN2/c1-11(13-5-3-4-6-14(13)15)16-9-10-17(2)12-7-8-12/h3-6,11-12,16H,7-10H2,1-2H3. The first-order chi connectivity index (χ1) is 8.18. The van der Waals surface area contributed by atoms with Gasteiger partial charge in [0, 0.05) is 29.6 Å². The molecule has 0 aliphatic heterocycles. The fourth-order valence-electron chi connectivity index (χ4n) is 2.09. The smallest absolute Gasteiger partial charge is 0.0303 e. The summed E-state index contributed by atoms with van der Waals surface area (Å²) in [7, 11) is 2.22. The van der Waals surface area contributed by atoms with Crippen molar-refractivity contribution in [2.45, 2.75) is 31.8 Å². The Morgan fingerprint density at radius 2 is 2.12 bits per heavy atom. The second-order valence-electron chi connectivity index (χ2n) is 4.91. The molecule has 94 valence electrons. The average Bonchev–Trinajstić information content (AvgIpc) is 3.13. The van der Waals surface area contributed by atoms with Gasteiger partial charge in [0.2, 0.25) is 0 Å². The SMILES string of the molecule is CC(NCCN(C)C1CC1)c1ccccc1Br. The zero-order valence-corrected chi connectivity index (χ0v) is 12.2. The van der Waals surface area contributed by atoms with Crippen LogP contribution in [0.25, 0.3) is 0 Å². The highest BCUT2D eigenvalue weighted by molar-refractivity contribution is 9.10. The summed E-state index contributed by atoms with van der Waals surface area (Å²) in [6.07, 6.45) is 2.77. The molecule has 1 saturated carbocycles. The van der Waals surface area contributed by atoms with Crippen molar-refractivity contribution in [3.05, 3.63) is 34.3 Å². The molecule has 3 heteroatoms. The normalized spacial score (nSPS) is 17.4. The fraction of sp³-hybridized carbons (Fsp3) is 0.571. The van der Waals surface area contributed by atoms with Crippen LogP contribution in [0.2, 0.25) is 0 Å². The minimum absolute atomic E-state index is 0.401. The summed E-state index contributed by atoms with van der Waals surface area (Å²) in [6, 6.07) is 9.68. The third-order valence-electron chi connectivity index (χ3n) is 3.46. The van der Waals surface area contributed by atoms with Crippen LogP contribution in [0, 0.1) is 0 Å². The van der Waals surface area contributed by atoms with Crippen LogP contribution in [-0.4, -0.2) is 31.1 Å². The Labute approximate surface area is 113 Å². The maximum absolute atomic E-state index is 3.60. The van der Waals surface area contributed by atoms with E-state index in [9.17, 15) is 0 Å². The number of nitrogens with zero attached hydrogens (tertiary/aromatic N) is 1. The lowest BCUT2D eigenvalue weighted by Crippen LogP contribution is -2.32. The van der Waals surface area contributed by atoms with E-state index in [1.54, 1.807) is 0 Å². The maximum Gasteiger partial charge on any atom is 0.0303 e. The number of rotatable bonds is 6. The Balaban J connectivity index is 1.76. The van der Waals surface area contributed by atoms with E-state index in [0.29, 0.717) is 6.04 Å². The molecule has 1 aromatic rings. The van der Waals surface area contributed by atoms with Crippen molar-refractivity contribution in [1.29, 1.82) is 0 Å². The van der Waals surface area contributed by atoms with Gasteiger partial charge in [0.05, 0.1) is 0 Å². The van der Waals surface area contributed by atoms with Crippen LogP contribution in [0.1, 0.15) is 31.4 Å². The molecule has 1 fully saturated rings. The van der Waals surface area contributed by atoms with Crippen LogP contribution < -0.4 is 5.32 Å². The number of benzene rings is 1. The van der Waals surface area contributed by atoms with Crippen LogP contribution in [-0.2, 0) is 0 Å². The minimum atomic E-state index is 0.401. The van der Waals surface area contributed by atoms with E-state index in [4.69, 9.17) is 0 Å². The molecule has 2 nitrogen and oxygen atoms in total. The quantitative estimate of drug-likeness (QED) is 0.867. The largest absolute Gasteiger partial charge is 0.309 e. The van der Waals surface area contributed by atoms with Crippen LogP contribution in [0.4, 0.5) is 0 Å². The monoisotopic (exact) mass is 296 g/mol. The molecule has 1 atom stereocenters. The highest BCUT2D eigenvalue weighted by Gasteiger charge is 2.25. The number of hydrogen-bond donors (Lipinski definition) is 1. The molecule has 2 rings (SSSR count). The van der Waals surface area contributed by atoms with Gasteiger partial charge >= 0.3 is 0 Å². The summed E-state index contributed by atoms with van der Waals surface area (Å²) in [6.45, 7) is 4.41. The molecule has 1 N–H and O–H groups in total. The van der Waals surface area contributed by atoms with Gasteiger partial charge in [-0.25, -0.2) is 0 Å². The zero-order chi connectivity index (χ0) is 12.3. The number of nitrogens with one attached hydrogen (secondary N) is 1. The van der Waals surface area contributed by atoms with Gasteiger partial charge in [0.25, 0.3) is 0 Å². The highest BCUT2D eigenvalue weighted by Crippen LogP contribution is 2.25. The van der Waals surface area contributed by atoms with Gasteiger partial charge in [-0.2, -0.15) is 0 Å². The fourth-order valence-corrected chi connectivity index (χ4v) is 2.72. The van der Waals surface area contributed by atoms with E-state index in [0.717, 1.165) is 19.1 Å². The van der Waals surface area contributed by atoms with Crippen LogP contribution in [0.5, 0.6) is 0 Å². The van der Waals surface area contributed by atoms with E-state index in [1.807, 2.05) is 0 Å². The first-order valence-electron chi connectivity index (χ1n) is 6.36. The van der Waals surface area contributed by atoms with E-state index in [-0.39, 0.29) is 0 Å². The molecule has 1 aliphatic rings. The molecule has 0 spiro atoms. The van der Waals surface area contributed by atoms with Crippen molar-refractivity contribution in [1.82, 2.24) is 10.2 Å². The first-order valence-corrected chi connectivity index (χ1v) is 7.16. The van der Waals surface area contributed by atoms with E-state index in [1.165, 1.54) is 22.9 Å². The predicted octanol–water partition coefficient (Wildman–Crippen LogP) is 3.19. The number of likely N-dealkylation sites (N-methyl/N-ethyl adjacent to an activating group) is 1. The van der Waals surface area contributed by atoms with Gasteiger partial charge < -0.3 is 10.2 Å².